The number of cyclic esters (lactones) is 1. The van der Waals surface area contributed by atoms with E-state index >= 15 is 0 Å². The lowest BCUT2D eigenvalue weighted by atomic mass is 10.1. The molecule has 0 saturated carbocycles. The zero-order valence-corrected chi connectivity index (χ0v) is 12.5. The summed E-state index contributed by atoms with van der Waals surface area (Å²) in [5.74, 6) is 1.61. The maximum atomic E-state index is 11.7. The van der Waals surface area contributed by atoms with Crippen LogP contribution in [0.2, 0.25) is 0 Å². The Morgan fingerprint density at radius 3 is 2.64 bits per heavy atom. The fourth-order valence-corrected chi connectivity index (χ4v) is 3.35. The number of nitrogens with zero attached hydrogens (tertiary/aromatic N) is 2. The summed E-state index contributed by atoms with van der Waals surface area (Å²) in [5, 5.41) is 0. The van der Waals surface area contributed by atoms with Crippen LogP contribution in [0.5, 0.6) is 11.5 Å². The maximum Gasteiger partial charge on any atom is 0.323 e. The number of benzene rings is 1. The van der Waals surface area contributed by atoms with Crippen molar-refractivity contribution in [2.75, 3.05) is 39.6 Å². The van der Waals surface area contributed by atoms with Gasteiger partial charge in [0, 0.05) is 39.1 Å². The molecular formula is C16H20N2O4. The van der Waals surface area contributed by atoms with Crippen molar-refractivity contribution in [2.45, 2.75) is 19.0 Å². The van der Waals surface area contributed by atoms with Gasteiger partial charge < -0.3 is 14.2 Å². The molecule has 1 aromatic rings. The summed E-state index contributed by atoms with van der Waals surface area (Å²) in [4.78, 5) is 16.3. The SMILES string of the molecule is O=C1OCC[C@@H]1N1CCN(Cc2ccc3c(c2)OCO3)CC1. The summed E-state index contributed by atoms with van der Waals surface area (Å²) in [6, 6.07) is 6.10. The molecule has 4 rings (SSSR count). The third-order valence-corrected chi connectivity index (χ3v) is 4.60. The number of fused-ring (bicyclic) bond motifs is 1. The fraction of sp³-hybridized carbons (Fsp3) is 0.562. The van der Waals surface area contributed by atoms with E-state index in [9.17, 15) is 4.79 Å². The Bertz CT molecular complexity index is 569. The number of esters is 1. The van der Waals surface area contributed by atoms with Crippen molar-refractivity contribution in [3.05, 3.63) is 23.8 Å². The Balaban J connectivity index is 1.33. The molecular weight excluding hydrogens is 284 g/mol. The predicted molar refractivity (Wildman–Crippen MR) is 78.8 cm³/mol. The van der Waals surface area contributed by atoms with Gasteiger partial charge in [-0.15, -0.1) is 0 Å². The number of hydrogen-bond donors (Lipinski definition) is 0. The van der Waals surface area contributed by atoms with Gasteiger partial charge >= 0.3 is 5.97 Å². The standard InChI is InChI=1S/C16H20N2O4/c19-16-13(3-8-20-16)18-6-4-17(5-7-18)10-12-1-2-14-15(9-12)22-11-21-14/h1-2,9,13H,3-8,10-11H2/t13-/m0/s1. The van der Waals surface area contributed by atoms with Crippen LogP contribution in [-0.4, -0.2) is 61.4 Å². The highest BCUT2D eigenvalue weighted by atomic mass is 16.7. The van der Waals surface area contributed by atoms with Gasteiger partial charge in [-0.3, -0.25) is 14.6 Å². The summed E-state index contributed by atoms with van der Waals surface area (Å²) in [5.41, 5.74) is 1.23. The first-order chi connectivity index (χ1) is 10.8. The minimum Gasteiger partial charge on any atom is -0.464 e. The molecule has 0 spiro atoms. The van der Waals surface area contributed by atoms with Crippen LogP contribution >= 0.6 is 0 Å². The lowest BCUT2D eigenvalue weighted by molar-refractivity contribution is -0.142. The summed E-state index contributed by atoms with van der Waals surface area (Å²) < 4.78 is 15.8. The topological polar surface area (TPSA) is 51.2 Å². The van der Waals surface area contributed by atoms with E-state index in [-0.39, 0.29) is 12.0 Å². The summed E-state index contributed by atoms with van der Waals surface area (Å²) in [6.07, 6.45) is 0.834. The minimum atomic E-state index is -0.0516. The highest BCUT2D eigenvalue weighted by molar-refractivity contribution is 5.77. The van der Waals surface area contributed by atoms with E-state index < -0.39 is 0 Å². The molecule has 2 fully saturated rings. The molecule has 0 radical (unpaired) electrons. The Hall–Kier alpha value is -1.79. The Labute approximate surface area is 129 Å². The van der Waals surface area contributed by atoms with Crippen LogP contribution in [0.4, 0.5) is 0 Å². The molecule has 0 unspecified atom stereocenters. The van der Waals surface area contributed by atoms with Gasteiger partial charge in [-0.2, -0.15) is 0 Å². The second kappa shape index (κ2) is 5.78. The highest BCUT2D eigenvalue weighted by Crippen LogP contribution is 2.32. The summed E-state index contributed by atoms with van der Waals surface area (Å²) in [7, 11) is 0. The van der Waals surface area contributed by atoms with Crippen molar-refractivity contribution in [3.63, 3.8) is 0 Å². The average molecular weight is 304 g/mol. The molecule has 0 aliphatic carbocycles. The van der Waals surface area contributed by atoms with E-state index in [0.29, 0.717) is 13.4 Å². The van der Waals surface area contributed by atoms with Gasteiger partial charge in [-0.25, -0.2) is 0 Å². The van der Waals surface area contributed by atoms with E-state index in [1.54, 1.807) is 0 Å². The van der Waals surface area contributed by atoms with Gasteiger partial charge in [-0.05, 0) is 17.7 Å². The summed E-state index contributed by atoms with van der Waals surface area (Å²) in [6.45, 7) is 5.57. The molecule has 22 heavy (non-hydrogen) atoms. The number of rotatable bonds is 3. The third-order valence-electron chi connectivity index (χ3n) is 4.60. The van der Waals surface area contributed by atoms with E-state index in [1.165, 1.54) is 5.56 Å². The van der Waals surface area contributed by atoms with E-state index in [1.807, 2.05) is 6.07 Å². The molecule has 0 N–H and O–H groups in total. The van der Waals surface area contributed by atoms with Crippen LogP contribution < -0.4 is 9.47 Å². The van der Waals surface area contributed by atoms with Crippen molar-refractivity contribution in [1.29, 1.82) is 0 Å². The maximum absolute atomic E-state index is 11.7. The molecule has 1 atom stereocenters. The Kier molecular flexibility index (Phi) is 3.63. The lowest BCUT2D eigenvalue weighted by Gasteiger charge is -2.36. The van der Waals surface area contributed by atoms with Crippen molar-refractivity contribution >= 4 is 5.97 Å². The van der Waals surface area contributed by atoms with Gasteiger partial charge in [0.1, 0.15) is 6.04 Å². The number of carbonyl (C=O) groups is 1. The number of piperazine rings is 1. The van der Waals surface area contributed by atoms with Crippen LogP contribution in [0.3, 0.4) is 0 Å². The second-order valence-corrected chi connectivity index (χ2v) is 5.97. The Morgan fingerprint density at radius 2 is 1.86 bits per heavy atom. The smallest absolute Gasteiger partial charge is 0.323 e. The molecule has 6 nitrogen and oxygen atoms in total. The first-order valence-electron chi connectivity index (χ1n) is 7.81. The van der Waals surface area contributed by atoms with Crippen molar-refractivity contribution in [3.8, 4) is 11.5 Å². The quantitative estimate of drug-likeness (QED) is 0.772. The van der Waals surface area contributed by atoms with Gasteiger partial charge in [0.05, 0.1) is 6.61 Å². The first kappa shape index (κ1) is 13.8. The molecule has 2 saturated heterocycles. The van der Waals surface area contributed by atoms with Crippen LogP contribution in [0.1, 0.15) is 12.0 Å². The fourth-order valence-electron chi connectivity index (χ4n) is 3.35. The van der Waals surface area contributed by atoms with Crippen molar-refractivity contribution in [1.82, 2.24) is 9.80 Å². The third kappa shape index (κ3) is 2.64. The average Bonchev–Trinajstić information content (AvgIpc) is 3.16. The normalized spacial score (nSPS) is 25.5. The number of ether oxygens (including phenoxy) is 3. The van der Waals surface area contributed by atoms with Gasteiger partial charge in [-0.1, -0.05) is 6.07 Å². The van der Waals surface area contributed by atoms with Gasteiger partial charge in [0.15, 0.2) is 11.5 Å². The van der Waals surface area contributed by atoms with Gasteiger partial charge in [0.25, 0.3) is 0 Å². The zero-order chi connectivity index (χ0) is 14.9. The van der Waals surface area contributed by atoms with Crippen LogP contribution in [0.15, 0.2) is 18.2 Å². The molecule has 3 aliphatic heterocycles. The number of hydrogen-bond acceptors (Lipinski definition) is 6. The minimum absolute atomic E-state index is 0.0207. The monoisotopic (exact) mass is 304 g/mol. The van der Waals surface area contributed by atoms with Crippen molar-refractivity contribution in [2.24, 2.45) is 0 Å². The molecule has 118 valence electrons. The molecule has 0 aromatic heterocycles. The first-order valence-corrected chi connectivity index (χ1v) is 7.81. The molecule has 0 bridgehead atoms. The lowest BCUT2D eigenvalue weighted by Crippen LogP contribution is -2.51. The van der Waals surface area contributed by atoms with E-state index in [2.05, 4.69) is 21.9 Å². The highest BCUT2D eigenvalue weighted by Gasteiger charge is 2.33. The molecule has 1 aromatic carbocycles. The largest absolute Gasteiger partial charge is 0.464 e. The summed E-state index contributed by atoms with van der Waals surface area (Å²) >= 11 is 0. The van der Waals surface area contributed by atoms with Crippen LogP contribution in [0.25, 0.3) is 0 Å². The van der Waals surface area contributed by atoms with E-state index in [4.69, 9.17) is 14.2 Å². The second-order valence-electron chi connectivity index (χ2n) is 5.97. The van der Waals surface area contributed by atoms with Gasteiger partial charge in [0.2, 0.25) is 6.79 Å². The molecule has 6 heteroatoms. The molecule has 0 amide bonds. The van der Waals surface area contributed by atoms with Crippen LogP contribution in [-0.2, 0) is 16.1 Å². The zero-order valence-electron chi connectivity index (χ0n) is 12.5. The van der Waals surface area contributed by atoms with Crippen molar-refractivity contribution < 1.29 is 19.0 Å². The van der Waals surface area contributed by atoms with E-state index in [0.717, 1.165) is 50.6 Å². The predicted octanol–water partition coefficient (Wildman–Crippen LogP) is 0.848. The van der Waals surface area contributed by atoms with Crippen LogP contribution in [0, 0.1) is 0 Å². The molecule has 3 aliphatic rings. The number of carbonyl (C=O) groups excluding carboxylic acids is 1. The molecule has 3 heterocycles. The Morgan fingerprint density at radius 1 is 1.05 bits per heavy atom.